The van der Waals surface area contributed by atoms with Crippen LogP contribution in [0.4, 0.5) is 0 Å². The fraction of sp³-hybridized carbons (Fsp3) is 0. The second kappa shape index (κ2) is 3.30. The molecule has 0 saturated carbocycles. The Morgan fingerprint density at radius 3 is 2.85 bits per heavy atom. The van der Waals surface area contributed by atoms with E-state index in [0.717, 1.165) is 21.5 Å². The van der Waals surface area contributed by atoms with Crippen molar-refractivity contribution in [1.82, 2.24) is 0 Å². The average Bonchev–Trinajstić information content (AvgIpc) is 2.17. The molecule has 1 radical (unpaired) electrons. The highest BCUT2D eigenvalue weighted by Gasteiger charge is 1.96. The van der Waals surface area contributed by atoms with Gasteiger partial charge < -0.3 is 0 Å². The molecular formula is C11H6BrO. The SMILES string of the molecule is O=Cc1ccc2cc(Br)[c]cc2c1. The maximum Gasteiger partial charge on any atom is 0.150 e. The molecular weight excluding hydrogens is 228 g/mol. The molecule has 0 aliphatic carbocycles. The lowest BCUT2D eigenvalue weighted by atomic mass is 10.1. The van der Waals surface area contributed by atoms with Crippen LogP contribution in [-0.4, -0.2) is 6.29 Å². The summed E-state index contributed by atoms with van der Waals surface area (Å²) in [5, 5.41) is 2.14. The van der Waals surface area contributed by atoms with E-state index in [1.807, 2.05) is 30.3 Å². The number of benzene rings is 2. The van der Waals surface area contributed by atoms with Gasteiger partial charge in [-0.25, -0.2) is 0 Å². The zero-order chi connectivity index (χ0) is 9.26. The minimum atomic E-state index is 0.697. The van der Waals surface area contributed by atoms with Gasteiger partial charge in [0, 0.05) is 10.0 Å². The molecule has 0 amide bonds. The summed E-state index contributed by atoms with van der Waals surface area (Å²) in [4.78, 5) is 10.5. The van der Waals surface area contributed by atoms with E-state index in [1.165, 1.54) is 0 Å². The first-order chi connectivity index (χ1) is 6.29. The zero-order valence-electron chi connectivity index (χ0n) is 6.75. The van der Waals surface area contributed by atoms with Crippen molar-refractivity contribution in [3.05, 3.63) is 46.4 Å². The molecule has 0 fully saturated rings. The molecule has 0 unspecified atom stereocenters. The first-order valence-electron chi connectivity index (χ1n) is 3.86. The van der Waals surface area contributed by atoms with Gasteiger partial charge in [0.25, 0.3) is 0 Å². The van der Waals surface area contributed by atoms with Gasteiger partial charge in [-0.3, -0.25) is 4.79 Å². The second-order valence-electron chi connectivity index (χ2n) is 2.79. The highest BCUT2D eigenvalue weighted by atomic mass is 79.9. The average molecular weight is 234 g/mol. The first-order valence-corrected chi connectivity index (χ1v) is 4.65. The van der Waals surface area contributed by atoms with Crippen LogP contribution in [-0.2, 0) is 0 Å². The molecule has 0 aromatic heterocycles. The molecule has 0 aliphatic rings. The molecule has 2 heteroatoms. The van der Waals surface area contributed by atoms with Gasteiger partial charge >= 0.3 is 0 Å². The van der Waals surface area contributed by atoms with Crippen molar-refractivity contribution in [3.63, 3.8) is 0 Å². The molecule has 0 spiro atoms. The van der Waals surface area contributed by atoms with Crippen LogP contribution < -0.4 is 0 Å². The van der Waals surface area contributed by atoms with Crippen molar-refractivity contribution in [1.29, 1.82) is 0 Å². The van der Waals surface area contributed by atoms with Crippen molar-refractivity contribution in [3.8, 4) is 0 Å². The summed E-state index contributed by atoms with van der Waals surface area (Å²) in [6, 6.07) is 12.5. The Balaban J connectivity index is 2.73. The summed E-state index contributed by atoms with van der Waals surface area (Å²) in [6.45, 7) is 0. The van der Waals surface area contributed by atoms with Crippen LogP contribution in [0, 0.1) is 6.07 Å². The van der Waals surface area contributed by atoms with Crippen LogP contribution in [0.2, 0.25) is 0 Å². The van der Waals surface area contributed by atoms with Crippen molar-refractivity contribution >= 4 is 33.0 Å². The molecule has 0 atom stereocenters. The standard InChI is InChI=1S/C11H6BrO/c12-11-4-3-9-5-8(7-13)1-2-10(9)6-11/h1-3,5-7H. The second-order valence-corrected chi connectivity index (χ2v) is 3.64. The third-order valence-electron chi connectivity index (χ3n) is 1.89. The molecule has 0 saturated heterocycles. The molecule has 2 rings (SSSR count). The molecule has 0 heterocycles. The highest BCUT2D eigenvalue weighted by Crippen LogP contribution is 2.19. The molecule has 63 valence electrons. The fourth-order valence-electron chi connectivity index (χ4n) is 1.25. The maximum absolute atomic E-state index is 10.5. The summed E-state index contributed by atoms with van der Waals surface area (Å²) in [5.41, 5.74) is 0.697. The number of hydrogen-bond acceptors (Lipinski definition) is 1. The lowest BCUT2D eigenvalue weighted by Crippen LogP contribution is -1.79. The van der Waals surface area contributed by atoms with E-state index in [1.54, 1.807) is 0 Å². The van der Waals surface area contributed by atoms with E-state index < -0.39 is 0 Å². The monoisotopic (exact) mass is 233 g/mol. The Morgan fingerprint density at radius 1 is 1.23 bits per heavy atom. The molecule has 2 aromatic rings. The summed E-state index contributed by atoms with van der Waals surface area (Å²) < 4.78 is 0.929. The topological polar surface area (TPSA) is 17.1 Å². The Morgan fingerprint density at radius 2 is 2.08 bits per heavy atom. The normalized spacial score (nSPS) is 10.2. The van der Waals surface area contributed by atoms with E-state index in [9.17, 15) is 4.79 Å². The van der Waals surface area contributed by atoms with Crippen molar-refractivity contribution < 1.29 is 4.79 Å². The van der Waals surface area contributed by atoms with Crippen molar-refractivity contribution in [2.45, 2.75) is 0 Å². The van der Waals surface area contributed by atoms with E-state index in [-0.39, 0.29) is 0 Å². The van der Waals surface area contributed by atoms with Crippen molar-refractivity contribution in [2.75, 3.05) is 0 Å². The minimum Gasteiger partial charge on any atom is -0.298 e. The number of rotatable bonds is 1. The number of carbonyl (C=O) groups is 1. The van der Waals surface area contributed by atoms with Crippen molar-refractivity contribution in [2.24, 2.45) is 0 Å². The minimum absolute atomic E-state index is 0.697. The third-order valence-corrected chi connectivity index (χ3v) is 2.35. The Kier molecular flexibility index (Phi) is 2.15. The lowest BCUT2D eigenvalue weighted by molar-refractivity contribution is 0.112. The zero-order valence-corrected chi connectivity index (χ0v) is 8.34. The van der Waals surface area contributed by atoms with E-state index in [2.05, 4.69) is 22.0 Å². The largest absolute Gasteiger partial charge is 0.298 e. The molecule has 2 aromatic carbocycles. The predicted molar refractivity (Wildman–Crippen MR) is 55.9 cm³/mol. The summed E-state index contributed by atoms with van der Waals surface area (Å²) in [5.74, 6) is 0. The summed E-state index contributed by atoms with van der Waals surface area (Å²) >= 11 is 3.34. The van der Waals surface area contributed by atoms with Crippen LogP contribution in [0.15, 0.2) is 34.8 Å². The van der Waals surface area contributed by atoms with Crippen LogP contribution in [0.5, 0.6) is 0 Å². The Bertz CT molecular complexity index is 463. The third kappa shape index (κ3) is 1.63. The van der Waals surface area contributed by atoms with Gasteiger partial charge in [-0.2, -0.15) is 0 Å². The van der Waals surface area contributed by atoms with Crippen LogP contribution in [0.25, 0.3) is 10.8 Å². The van der Waals surface area contributed by atoms with Gasteiger partial charge in [-0.15, -0.1) is 0 Å². The summed E-state index contributed by atoms with van der Waals surface area (Å²) in [7, 11) is 0. The molecule has 0 aliphatic heterocycles. The Hall–Kier alpha value is -1.15. The van der Waals surface area contributed by atoms with Gasteiger partial charge in [-0.05, 0) is 35.0 Å². The maximum atomic E-state index is 10.5. The number of fused-ring (bicyclic) bond motifs is 1. The number of aldehydes is 1. The number of hydrogen-bond donors (Lipinski definition) is 0. The van der Waals surface area contributed by atoms with Gasteiger partial charge in [0.2, 0.25) is 0 Å². The quantitative estimate of drug-likeness (QED) is 0.692. The van der Waals surface area contributed by atoms with Crippen LogP contribution in [0.3, 0.4) is 0 Å². The van der Waals surface area contributed by atoms with Gasteiger partial charge in [-0.1, -0.05) is 28.1 Å². The number of carbonyl (C=O) groups excluding carboxylic acids is 1. The fourth-order valence-corrected chi connectivity index (χ4v) is 1.61. The summed E-state index contributed by atoms with van der Waals surface area (Å²) in [6.07, 6.45) is 0.849. The Labute approximate surface area is 84.5 Å². The lowest BCUT2D eigenvalue weighted by Gasteiger charge is -1.98. The van der Waals surface area contributed by atoms with E-state index >= 15 is 0 Å². The first kappa shape index (κ1) is 8.45. The van der Waals surface area contributed by atoms with Gasteiger partial charge in [0.05, 0.1) is 0 Å². The van der Waals surface area contributed by atoms with E-state index in [0.29, 0.717) is 5.56 Å². The number of halogens is 1. The van der Waals surface area contributed by atoms with Crippen LogP contribution in [0.1, 0.15) is 10.4 Å². The molecule has 1 nitrogen and oxygen atoms in total. The van der Waals surface area contributed by atoms with Gasteiger partial charge in [0.15, 0.2) is 0 Å². The smallest absolute Gasteiger partial charge is 0.150 e. The van der Waals surface area contributed by atoms with E-state index in [4.69, 9.17) is 0 Å². The molecule has 13 heavy (non-hydrogen) atoms. The molecule has 0 N–H and O–H groups in total. The van der Waals surface area contributed by atoms with Gasteiger partial charge in [0.1, 0.15) is 6.29 Å². The van der Waals surface area contributed by atoms with Crippen LogP contribution >= 0.6 is 15.9 Å². The highest BCUT2D eigenvalue weighted by molar-refractivity contribution is 9.10. The predicted octanol–water partition coefficient (Wildman–Crippen LogP) is 3.21. The molecule has 0 bridgehead atoms.